The Bertz CT molecular complexity index is 833. The molecule has 3 aromatic rings. The van der Waals surface area contributed by atoms with Gasteiger partial charge < -0.3 is 4.57 Å². The lowest BCUT2D eigenvalue weighted by Crippen LogP contribution is -2.29. The summed E-state index contributed by atoms with van der Waals surface area (Å²) in [6, 6.07) is 20.3. The fraction of sp³-hybridized carbons (Fsp3) is 0.273. The molecule has 0 spiro atoms. The smallest absolute Gasteiger partial charge is 0.123 e. The van der Waals surface area contributed by atoms with Gasteiger partial charge >= 0.3 is 0 Å². The number of nitrogens with zero attached hydrogens (tertiary/aromatic N) is 2. The monoisotopic (exact) mass is 334 g/mol. The Morgan fingerprint density at radius 2 is 1.72 bits per heavy atom. The molecule has 0 saturated heterocycles. The minimum atomic E-state index is -0.177. The van der Waals surface area contributed by atoms with Crippen LogP contribution in [-0.2, 0) is 13.1 Å². The van der Waals surface area contributed by atoms with E-state index >= 15 is 0 Å². The van der Waals surface area contributed by atoms with Gasteiger partial charge in [0.15, 0.2) is 0 Å². The maximum atomic E-state index is 13.2. The molecule has 0 unspecified atom stereocenters. The van der Waals surface area contributed by atoms with Gasteiger partial charge in [-0.3, -0.25) is 4.90 Å². The molecular formula is C22H23FN2. The van der Waals surface area contributed by atoms with Crippen LogP contribution in [0.3, 0.4) is 0 Å². The molecular weight excluding hydrogens is 311 g/mol. The van der Waals surface area contributed by atoms with E-state index in [1.165, 1.54) is 16.8 Å². The SMILES string of the molecule is Cc1ccc([C@@H]2c3cccn3CCCN2Cc2ccc(F)cc2)cc1. The van der Waals surface area contributed by atoms with E-state index < -0.39 is 0 Å². The van der Waals surface area contributed by atoms with Crippen LogP contribution in [0.2, 0.25) is 0 Å². The van der Waals surface area contributed by atoms with Crippen LogP contribution in [0.15, 0.2) is 66.9 Å². The second kappa shape index (κ2) is 6.85. The van der Waals surface area contributed by atoms with Gasteiger partial charge in [0.25, 0.3) is 0 Å². The van der Waals surface area contributed by atoms with E-state index in [-0.39, 0.29) is 11.9 Å². The maximum Gasteiger partial charge on any atom is 0.123 e. The van der Waals surface area contributed by atoms with Crippen LogP contribution in [0.1, 0.15) is 34.8 Å². The third-order valence-electron chi connectivity index (χ3n) is 5.05. The molecule has 4 rings (SSSR count). The predicted octanol–water partition coefficient (Wildman–Crippen LogP) is 4.93. The zero-order chi connectivity index (χ0) is 17.2. The minimum absolute atomic E-state index is 0.177. The zero-order valence-electron chi connectivity index (χ0n) is 14.5. The Morgan fingerprint density at radius 1 is 0.960 bits per heavy atom. The molecule has 1 atom stereocenters. The fourth-order valence-corrected chi connectivity index (χ4v) is 3.76. The molecule has 2 nitrogen and oxygen atoms in total. The summed E-state index contributed by atoms with van der Waals surface area (Å²) in [4.78, 5) is 2.51. The summed E-state index contributed by atoms with van der Waals surface area (Å²) in [5.41, 5.74) is 5.08. The average Bonchev–Trinajstić information content (AvgIpc) is 3.00. The number of aromatic nitrogens is 1. The number of aryl methyl sites for hydroxylation is 2. The summed E-state index contributed by atoms with van der Waals surface area (Å²) in [7, 11) is 0. The van der Waals surface area contributed by atoms with Crippen LogP contribution in [0.25, 0.3) is 0 Å². The molecule has 0 N–H and O–H groups in total. The van der Waals surface area contributed by atoms with Crippen molar-refractivity contribution in [1.29, 1.82) is 0 Å². The van der Waals surface area contributed by atoms with Gasteiger partial charge in [-0.1, -0.05) is 42.0 Å². The van der Waals surface area contributed by atoms with Crippen LogP contribution in [0.4, 0.5) is 4.39 Å². The topological polar surface area (TPSA) is 8.17 Å². The standard InChI is InChI=1S/C22H23FN2/c1-17-5-9-19(10-6-17)22-21-4-2-13-24(21)14-3-15-25(22)16-18-7-11-20(23)12-8-18/h2,4-13,22H,3,14-16H2,1H3/t22-/m1/s1. The third-order valence-corrected chi connectivity index (χ3v) is 5.05. The van der Waals surface area contributed by atoms with E-state index in [1.807, 2.05) is 12.1 Å². The van der Waals surface area contributed by atoms with E-state index in [4.69, 9.17) is 0 Å². The molecule has 0 radical (unpaired) electrons. The van der Waals surface area contributed by atoms with Crippen molar-refractivity contribution in [2.45, 2.75) is 32.5 Å². The highest BCUT2D eigenvalue weighted by molar-refractivity contribution is 5.32. The highest BCUT2D eigenvalue weighted by Gasteiger charge is 2.27. The molecule has 128 valence electrons. The number of benzene rings is 2. The summed E-state index contributed by atoms with van der Waals surface area (Å²) in [6.45, 7) is 5.02. The van der Waals surface area contributed by atoms with E-state index in [0.29, 0.717) is 0 Å². The number of halogens is 1. The molecule has 0 saturated carbocycles. The van der Waals surface area contributed by atoms with E-state index in [0.717, 1.165) is 31.6 Å². The van der Waals surface area contributed by atoms with Crippen LogP contribution < -0.4 is 0 Å². The average molecular weight is 334 g/mol. The highest BCUT2D eigenvalue weighted by atomic mass is 19.1. The van der Waals surface area contributed by atoms with E-state index in [2.05, 4.69) is 59.0 Å². The first-order chi connectivity index (χ1) is 12.2. The summed E-state index contributed by atoms with van der Waals surface area (Å²) in [5, 5.41) is 0. The lowest BCUT2D eigenvalue weighted by atomic mass is 10.00. The van der Waals surface area contributed by atoms with Crippen molar-refractivity contribution in [2.75, 3.05) is 6.54 Å². The van der Waals surface area contributed by atoms with Crippen molar-refractivity contribution in [1.82, 2.24) is 9.47 Å². The summed E-state index contributed by atoms with van der Waals surface area (Å²) in [5.74, 6) is -0.177. The number of hydrogen-bond donors (Lipinski definition) is 0. The molecule has 2 aromatic carbocycles. The Labute approximate surface area is 148 Å². The molecule has 0 amide bonds. The quantitative estimate of drug-likeness (QED) is 0.659. The van der Waals surface area contributed by atoms with Crippen LogP contribution in [0.5, 0.6) is 0 Å². The van der Waals surface area contributed by atoms with Gasteiger partial charge in [-0.2, -0.15) is 0 Å². The van der Waals surface area contributed by atoms with Crippen LogP contribution in [0, 0.1) is 12.7 Å². The first kappa shape index (κ1) is 16.1. The van der Waals surface area contributed by atoms with Crippen molar-refractivity contribution in [3.8, 4) is 0 Å². The van der Waals surface area contributed by atoms with Gasteiger partial charge in [-0.25, -0.2) is 4.39 Å². The summed E-state index contributed by atoms with van der Waals surface area (Å²) < 4.78 is 15.6. The molecule has 1 aromatic heterocycles. The van der Waals surface area contributed by atoms with Gasteiger partial charge in [0.2, 0.25) is 0 Å². The molecule has 0 aliphatic carbocycles. The first-order valence-electron chi connectivity index (χ1n) is 8.91. The van der Waals surface area contributed by atoms with E-state index in [1.54, 1.807) is 12.1 Å². The fourth-order valence-electron chi connectivity index (χ4n) is 3.76. The maximum absolute atomic E-state index is 13.2. The van der Waals surface area contributed by atoms with Crippen molar-refractivity contribution in [3.63, 3.8) is 0 Å². The molecule has 0 fully saturated rings. The van der Waals surface area contributed by atoms with Crippen molar-refractivity contribution < 1.29 is 4.39 Å². The summed E-state index contributed by atoms with van der Waals surface area (Å²) in [6.07, 6.45) is 3.29. The van der Waals surface area contributed by atoms with Gasteiger partial charge in [0, 0.05) is 31.5 Å². The Hall–Kier alpha value is -2.39. The van der Waals surface area contributed by atoms with Crippen LogP contribution >= 0.6 is 0 Å². The Morgan fingerprint density at radius 3 is 2.48 bits per heavy atom. The second-order valence-electron chi connectivity index (χ2n) is 6.89. The van der Waals surface area contributed by atoms with Gasteiger partial charge in [0.1, 0.15) is 5.82 Å². The van der Waals surface area contributed by atoms with Crippen LogP contribution in [-0.4, -0.2) is 16.0 Å². The third kappa shape index (κ3) is 3.38. The van der Waals surface area contributed by atoms with Gasteiger partial charge in [-0.15, -0.1) is 0 Å². The minimum Gasteiger partial charge on any atom is -0.350 e. The Kier molecular flexibility index (Phi) is 4.41. The first-order valence-corrected chi connectivity index (χ1v) is 8.91. The molecule has 1 aliphatic rings. The molecule has 25 heavy (non-hydrogen) atoms. The molecule has 2 heterocycles. The number of fused-ring (bicyclic) bond motifs is 1. The van der Waals surface area contributed by atoms with Crippen molar-refractivity contribution in [3.05, 3.63) is 95.1 Å². The predicted molar refractivity (Wildman–Crippen MR) is 98.9 cm³/mol. The number of hydrogen-bond acceptors (Lipinski definition) is 1. The van der Waals surface area contributed by atoms with Crippen molar-refractivity contribution >= 4 is 0 Å². The zero-order valence-corrected chi connectivity index (χ0v) is 14.5. The Balaban J connectivity index is 1.72. The lowest BCUT2D eigenvalue weighted by molar-refractivity contribution is 0.220. The van der Waals surface area contributed by atoms with Crippen molar-refractivity contribution in [2.24, 2.45) is 0 Å². The summed E-state index contributed by atoms with van der Waals surface area (Å²) >= 11 is 0. The molecule has 0 bridgehead atoms. The molecule has 3 heteroatoms. The van der Waals surface area contributed by atoms with Gasteiger partial charge in [0.05, 0.1) is 6.04 Å². The largest absolute Gasteiger partial charge is 0.350 e. The highest BCUT2D eigenvalue weighted by Crippen LogP contribution is 2.33. The van der Waals surface area contributed by atoms with Gasteiger partial charge in [-0.05, 0) is 48.7 Å². The number of rotatable bonds is 3. The lowest BCUT2D eigenvalue weighted by Gasteiger charge is -2.30. The second-order valence-corrected chi connectivity index (χ2v) is 6.89. The normalized spacial score (nSPS) is 17.9. The van der Waals surface area contributed by atoms with E-state index in [9.17, 15) is 4.39 Å². The molecule has 1 aliphatic heterocycles.